The lowest BCUT2D eigenvalue weighted by atomic mass is 9.82. The number of hydrogen-bond acceptors (Lipinski definition) is 3. The highest BCUT2D eigenvalue weighted by Gasteiger charge is 2.20. The van der Waals surface area contributed by atoms with Crippen molar-refractivity contribution in [2.75, 3.05) is 26.3 Å². The zero-order chi connectivity index (χ0) is 12.8. The van der Waals surface area contributed by atoms with Crippen LogP contribution in [-0.2, 0) is 4.74 Å². The van der Waals surface area contributed by atoms with Crippen LogP contribution in [0, 0.1) is 11.8 Å². The van der Waals surface area contributed by atoms with Crippen molar-refractivity contribution in [1.82, 2.24) is 10.6 Å². The predicted molar refractivity (Wildman–Crippen MR) is 75.8 cm³/mol. The maximum atomic E-state index is 5.50. The molecular formula is C15H30N2O. The van der Waals surface area contributed by atoms with E-state index in [1.54, 1.807) is 0 Å². The van der Waals surface area contributed by atoms with E-state index in [-0.39, 0.29) is 0 Å². The molecule has 106 valence electrons. The van der Waals surface area contributed by atoms with Gasteiger partial charge in [0.1, 0.15) is 0 Å². The molecule has 1 heterocycles. The van der Waals surface area contributed by atoms with Crippen molar-refractivity contribution in [3.05, 3.63) is 0 Å². The third-order valence-corrected chi connectivity index (χ3v) is 4.44. The van der Waals surface area contributed by atoms with E-state index in [0.29, 0.717) is 12.1 Å². The first-order chi connectivity index (χ1) is 8.74. The van der Waals surface area contributed by atoms with Gasteiger partial charge in [-0.2, -0.15) is 0 Å². The normalized spacial score (nSPS) is 35.3. The lowest BCUT2D eigenvalue weighted by Gasteiger charge is -2.30. The van der Waals surface area contributed by atoms with E-state index in [1.807, 2.05) is 0 Å². The van der Waals surface area contributed by atoms with Crippen LogP contribution >= 0.6 is 0 Å². The summed E-state index contributed by atoms with van der Waals surface area (Å²) in [6, 6.07) is 1.15. The van der Waals surface area contributed by atoms with Gasteiger partial charge in [0.25, 0.3) is 0 Å². The van der Waals surface area contributed by atoms with Crippen LogP contribution in [-0.4, -0.2) is 38.4 Å². The van der Waals surface area contributed by atoms with Gasteiger partial charge in [-0.3, -0.25) is 0 Å². The summed E-state index contributed by atoms with van der Waals surface area (Å²) in [5.74, 6) is 1.85. The Bertz CT molecular complexity index is 229. The van der Waals surface area contributed by atoms with Gasteiger partial charge in [-0.15, -0.1) is 0 Å². The molecule has 18 heavy (non-hydrogen) atoms. The molecule has 1 saturated carbocycles. The average molecular weight is 254 g/mol. The minimum atomic E-state index is 0.548. The molecule has 0 amide bonds. The molecule has 0 spiro atoms. The van der Waals surface area contributed by atoms with Crippen LogP contribution in [0.15, 0.2) is 0 Å². The van der Waals surface area contributed by atoms with E-state index < -0.39 is 0 Å². The Morgan fingerprint density at radius 2 is 2.28 bits per heavy atom. The average Bonchev–Trinajstić information content (AvgIpc) is 2.38. The number of rotatable bonds is 5. The van der Waals surface area contributed by atoms with Crippen LogP contribution in [0.2, 0.25) is 0 Å². The maximum absolute atomic E-state index is 5.50. The van der Waals surface area contributed by atoms with Crippen LogP contribution in [0.3, 0.4) is 0 Å². The standard InChI is InChI=1S/C15H30N2O/c1-12-4-3-5-14(8-12)10-17-13(2)9-15-11-18-7-6-16-15/h12-17H,3-11H2,1-2H3. The third-order valence-electron chi connectivity index (χ3n) is 4.44. The summed E-state index contributed by atoms with van der Waals surface area (Å²) in [6.07, 6.45) is 6.90. The van der Waals surface area contributed by atoms with Crippen molar-refractivity contribution in [2.45, 2.75) is 58.0 Å². The number of ether oxygens (including phenoxy) is 1. The molecular weight excluding hydrogens is 224 g/mol. The number of nitrogens with one attached hydrogen (secondary N) is 2. The minimum absolute atomic E-state index is 0.548. The summed E-state index contributed by atoms with van der Waals surface area (Å²) in [5.41, 5.74) is 0. The molecule has 0 aromatic rings. The smallest absolute Gasteiger partial charge is 0.0620 e. The second-order valence-corrected chi connectivity index (χ2v) is 6.41. The molecule has 2 N–H and O–H groups in total. The van der Waals surface area contributed by atoms with E-state index in [9.17, 15) is 0 Å². The van der Waals surface area contributed by atoms with E-state index >= 15 is 0 Å². The molecule has 4 unspecified atom stereocenters. The van der Waals surface area contributed by atoms with Gasteiger partial charge in [0.05, 0.1) is 13.2 Å². The monoisotopic (exact) mass is 254 g/mol. The van der Waals surface area contributed by atoms with E-state index in [4.69, 9.17) is 4.74 Å². The molecule has 2 fully saturated rings. The summed E-state index contributed by atoms with van der Waals surface area (Å²) < 4.78 is 5.50. The molecule has 1 saturated heterocycles. The second-order valence-electron chi connectivity index (χ2n) is 6.41. The molecule has 3 nitrogen and oxygen atoms in total. The minimum Gasteiger partial charge on any atom is -0.379 e. The Balaban J connectivity index is 1.60. The zero-order valence-electron chi connectivity index (χ0n) is 12.1. The highest BCUT2D eigenvalue weighted by atomic mass is 16.5. The van der Waals surface area contributed by atoms with Crippen molar-refractivity contribution in [1.29, 1.82) is 0 Å². The van der Waals surface area contributed by atoms with Gasteiger partial charge in [0, 0.05) is 18.6 Å². The molecule has 3 heteroatoms. The SMILES string of the molecule is CC1CCCC(CNC(C)CC2COCCN2)C1. The van der Waals surface area contributed by atoms with Crippen LogP contribution in [0.5, 0.6) is 0 Å². The van der Waals surface area contributed by atoms with Gasteiger partial charge in [-0.1, -0.05) is 19.8 Å². The summed E-state index contributed by atoms with van der Waals surface area (Å²) in [7, 11) is 0. The maximum Gasteiger partial charge on any atom is 0.0620 e. The molecule has 1 aliphatic heterocycles. The van der Waals surface area contributed by atoms with Crippen molar-refractivity contribution in [3.8, 4) is 0 Å². The fourth-order valence-corrected chi connectivity index (χ4v) is 3.39. The Labute approximate surface area is 112 Å². The second kappa shape index (κ2) is 7.46. The van der Waals surface area contributed by atoms with E-state index in [0.717, 1.165) is 31.6 Å². The molecule has 2 rings (SSSR count). The largest absolute Gasteiger partial charge is 0.379 e. The summed E-state index contributed by atoms with van der Waals surface area (Å²) in [4.78, 5) is 0. The van der Waals surface area contributed by atoms with Crippen molar-refractivity contribution in [3.63, 3.8) is 0 Å². The van der Waals surface area contributed by atoms with Gasteiger partial charge in [-0.05, 0) is 44.6 Å². The van der Waals surface area contributed by atoms with Gasteiger partial charge in [-0.25, -0.2) is 0 Å². The summed E-state index contributed by atoms with van der Waals surface area (Å²) >= 11 is 0. The van der Waals surface area contributed by atoms with Crippen LogP contribution in [0.1, 0.15) is 46.0 Å². The van der Waals surface area contributed by atoms with Crippen LogP contribution < -0.4 is 10.6 Å². The summed E-state index contributed by atoms with van der Waals surface area (Å²) in [6.45, 7) is 8.68. The topological polar surface area (TPSA) is 33.3 Å². The Kier molecular flexibility index (Phi) is 5.93. The Hall–Kier alpha value is -0.120. The lowest BCUT2D eigenvalue weighted by molar-refractivity contribution is 0.0709. The van der Waals surface area contributed by atoms with E-state index in [2.05, 4.69) is 24.5 Å². The molecule has 0 radical (unpaired) electrons. The third kappa shape index (κ3) is 4.87. The highest BCUT2D eigenvalue weighted by molar-refractivity contribution is 4.78. The van der Waals surface area contributed by atoms with Crippen molar-refractivity contribution in [2.24, 2.45) is 11.8 Å². The van der Waals surface area contributed by atoms with Crippen molar-refractivity contribution < 1.29 is 4.74 Å². The Morgan fingerprint density at radius 3 is 3.00 bits per heavy atom. The molecule has 4 atom stereocenters. The molecule has 1 aliphatic carbocycles. The molecule has 2 aliphatic rings. The lowest BCUT2D eigenvalue weighted by Crippen LogP contribution is -2.45. The van der Waals surface area contributed by atoms with Gasteiger partial charge in [0.2, 0.25) is 0 Å². The summed E-state index contributed by atoms with van der Waals surface area (Å²) in [5, 5.41) is 7.25. The fraction of sp³-hybridized carbons (Fsp3) is 1.00. The quantitative estimate of drug-likeness (QED) is 0.789. The molecule has 0 aromatic heterocycles. The molecule has 0 bridgehead atoms. The fourth-order valence-electron chi connectivity index (χ4n) is 3.39. The van der Waals surface area contributed by atoms with Crippen LogP contribution in [0.25, 0.3) is 0 Å². The van der Waals surface area contributed by atoms with Gasteiger partial charge < -0.3 is 15.4 Å². The first kappa shape index (κ1) is 14.3. The Morgan fingerprint density at radius 1 is 1.39 bits per heavy atom. The molecule has 0 aromatic carbocycles. The number of hydrogen-bond donors (Lipinski definition) is 2. The first-order valence-corrected chi connectivity index (χ1v) is 7.78. The van der Waals surface area contributed by atoms with E-state index in [1.165, 1.54) is 38.6 Å². The van der Waals surface area contributed by atoms with Crippen LogP contribution in [0.4, 0.5) is 0 Å². The van der Waals surface area contributed by atoms with Gasteiger partial charge >= 0.3 is 0 Å². The number of morpholine rings is 1. The van der Waals surface area contributed by atoms with Crippen molar-refractivity contribution >= 4 is 0 Å². The first-order valence-electron chi connectivity index (χ1n) is 7.78. The zero-order valence-corrected chi connectivity index (χ0v) is 12.1. The van der Waals surface area contributed by atoms with Gasteiger partial charge in [0.15, 0.2) is 0 Å². The highest BCUT2D eigenvalue weighted by Crippen LogP contribution is 2.28. The predicted octanol–water partition coefficient (Wildman–Crippen LogP) is 2.17.